The zero-order valence-corrected chi connectivity index (χ0v) is 20.6. The van der Waals surface area contributed by atoms with Gasteiger partial charge in [-0.15, -0.1) is 0 Å². The smallest absolute Gasteiger partial charge is 0.220 e. The van der Waals surface area contributed by atoms with Gasteiger partial charge in [-0.1, -0.05) is 114 Å². The number of hydrogen-bond donors (Lipinski definition) is 0. The number of pyridine rings is 1. The number of unbranched alkanes of at least 4 members (excludes halogenated alkanes) is 8. The van der Waals surface area contributed by atoms with E-state index >= 15 is 0 Å². The van der Waals surface area contributed by atoms with Crippen LogP contribution in [0.4, 0.5) is 4.39 Å². The van der Waals surface area contributed by atoms with E-state index in [-0.39, 0.29) is 5.95 Å². The highest BCUT2D eigenvalue weighted by molar-refractivity contribution is 5.70. The van der Waals surface area contributed by atoms with Crippen molar-refractivity contribution in [2.75, 3.05) is 0 Å². The van der Waals surface area contributed by atoms with E-state index in [4.69, 9.17) is 0 Å². The molecule has 0 spiro atoms. The van der Waals surface area contributed by atoms with Crippen LogP contribution in [0.1, 0.15) is 89.3 Å². The Labute approximate surface area is 200 Å². The Morgan fingerprint density at radius 3 is 1.70 bits per heavy atom. The number of aromatic nitrogens is 1. The van der Waals surface area contributed by atoms with Gasteiger partial charge in [0, 0.05) is 11.3 Å². The Morgan fingerprint density at radius 1 is 0.545 bits per heavy atom. The Bertz CT molecular complexity index is 944. The van der Waals surface area contributed by atoms with Crippen molar-refractivity contribution in [3.63, 3.8) is 0 Å². The van der Waals surface area contributed by atoms with Crippen molar-refractivity contribution in [2.24, 2.45) is 0 Å². The van der Waals surface area contributed by atoms with E-state index in [1.807, 2.05) is 24.3 Å². The van der Waals surface area contributed by atoms with Crippen LogP contribution in [0.5, 0.6) is 0 Å². The zero-order valence-electron chi connectivity index (χ0n) is 20.6. The fraction of sp³-hybridized carbons (Fsp3) is 0.452. The molecule has 0 amide bonds. The third-order valence-corrected chi connectivity index (χ3v) is 6.50. The first kappa shape index (κ1) is 25.1. The highest BCUT2D eigenvalue weighted by Gasteiger charge is 2.08. The number of halogens is 1. The molecule has 0 radical (unpaired) electrons. The lowest BCUT2D eigenvalue weighted by atomic mass is 9.98. The van der Waals surface area contributed by atoms with Crippen LogP contribution in [0.25, 0.3) is 22.3 Å². The van der Waals surface area contributed by atoms with Gasteiger partial charge in [-0.2, -0.15) is 4.39 Å². The number of nitrogens with zero attached hydrogens (tertiary/aromatic N) is 1. The summed E-state index contributed by atoms with van der Waals surface area (Å²) < 4.78 is 14.6. The fourth-order valence-electron chi connectivity index (χ4n) is 4.37. The van der Waals surface area contributed by atoms with Gasteiger partial charge >= 0.3 is 0 Å². The van der Waals surface area contributed by atoms with E-state index < -0.39 is 0 Å². The maximum Gasteiger partial charge on any atom is 0.220 e. The molecule has 0 unspecified atom stereocenters. The summed E-state index contributed by atoms with van der Waals surface area (Å²) in [5.41, 5.74) is 6.07. The van der Waals surface area contributed by atoms with Gasteiger partial charge in [-0.3, -0.25) is 0 Å². The molecule has 0 saturated heterocycles. The lowest BCUT2D eigenvalue weighted by molar-refractivity contribution is 0.576. The van der Waals surface area contributed by atoms with Gasteiger partial charge in [0.2, 0.25) is 5.95 Å². The zero-order chi connectivity index (χ0) is 23.3. The van der Waals surface area contributed by atoms with Gasteiger partial charge in [-0.05, 0) is 60.1 Å². The van der Waals surface area contributed by atoms with Gasteiger partial charge in [0.25, 0.3) is 0 Å². The van der Waals surface area contributed by atoms with Crippen LogP contribution in [-0.4, -0.2) is 4.98 Å². The molecule has 0 fully saturated rings. The monoisotopic (exact) mass is 445 g/mol. The maximum absolute atomic E-state index is 14.6. The number of aryl methyl sites for hydroxylation is 2. The van der Waals surface area contributed by atoms with Gasteiger partial charge in [0.05, 0.1) is 0 Å². The fourth-order valence-corrected chi connectivity index (χ4v) is 4.37. The minimum absolute atomic E-state index is 0.369. The lowest BCUT2D eigenvalue weighted by Gasteiger charge is -2.08. The second-order valence-corrected chi connectivity index (χ2v) is 9.24. The predicted octanol–water partition coefficient (Wildman–Crippen LogP) is 9.58. The summed E-state index contributed by atoms with van der Waals surface area (Å²) in [5.74, 6) is -0.369. The minimum Gasteiger partial charge on any atom is -0.224 e. The Hall–Kier alpha value is -2.48. The summed E-state index contributed by atoms with van der Waals surface area (Å²) in [7, 11) is 0. The molecule has 0 bridgehead atoms. The lowest BCUT2D eigenvalue weighted by Crippen LogP contribution is -1.96. The van der Waals surface area contributed by atoms with Crippen LogP contribution in [0, 0.1) is 5.95 Å². The van der Waals surface area contributed by atoms with E-state index in [0.717, 1.165) is 48.9 Å². The van der Waals surface area contributed by atoms with Crippen LogP contribution in [0.15, 0.2) is 60.7 Å². The Balaban J connectivity index is 1.53. The highest BCUT2D eigenvalue weighted by atomic mass is 19.1. The van der Waals surface area contributed by atoms with Crippen LogP contribution in [0.2, 0.25) is 0 Å². The first-order valence-corrected chi connectivity index (χ1v) is 13.1. The third kappa shape index (κ3) is 8.11. The molecule has 1 nitrogen and oxygen atoms in total. The van der Waals surface area contributed by atoms with Gasteiger partial charge in [-0.25, -0.2) is 4.98 Å². The van der Waals surface area contributed by atoms with Crippen LogP contribution in [-0.2, 0) is 12.8 Å². The molecule has 0 aliphatic carbocycles. The first-order valence-electron chi connectivity index (χ1n) is 13.1. The summed E-state index contributed by atoms with van der Waals surface area (Å²) in [5, 5.41) is 0. The molecule has 1 heterocycles. The van der Waals surface area contributed by atoms with E-state index in [1.54, 1.807) is 0 Å². The van der Waals surface area contributed by atoms with E-state index in [9.17, 15) is 4.39 Å². The molecule has 2 heteroatoms. The molecule has 0 saturated carbocycles. The molecule has 1 aromatic heterocycles. The van der Waals surface area contributed by atoms with Crippen molar-refractivity contribution in [2.45, 2.75) is 90.9 Å². The van der Waals surface area contributed by atoms with Crippen molar-refractivity contribution >= 4 is 0 Å². The van der Waals surface area contributed by atoms with E-state index in [1.165, 1.54) is 56.1 Å². The third-order valence-electron chi connectivity index (χ3n) is 6.50. The van der Waals surface area contributed by atoms with Crippen LogP contribution >= 0.6 is 0 Å². The Morgan fingerprint density at radius 2 is 1.06 bits per heavy atom. The second-order valence-electron chi connectivity index (χ2n) is 9.24. The van der Waals surface area contributed by atoms with Gasteiger partial charge < -0.3 is 0 Å². The summed E-state index contributed by atoms with van der Waals surface area (Å²) >= 11 is 0. The van der Waals surface area contributed by atoms with Crippen molar-refractivity contribution < 1.29 is 4.39 Å². The SMILES string of the molecule is CCCCCCCCCc1ccc(-c2ccc(-c3ccc(CCCCC)nc3F)cc2)cc1. The van der Waals surface area contributed by atoms with Crippen LogP contribution < -0.4 is 0 Å². The highest BCUT2D eigenvalue weighted by Crippen LogP contribution is 2.27. The van der Waals surface area contributed by atoms with Gasteiger partial charge in [0.15, 0.2) is 0 Å². The predicted molar refractivity (Wildman–Crippen MR) is 140 cm³/mol. The molecule has 3 rings (SSSR count). The molecule has 33 heavy (non-hydrogen) atoms. The maximum atomic E-state index is 14.6. The molecule has 0 aliphatic rings. The molecule has 2 aromatic carbocycles. The molecule has 0 N–H and O–H groups in total. The topological polar surface area (TPSA) is 12.9 Å². The summed E-state index contributed by atoms with van der Waals surface area (Å²) in [4.78, 5) is 4.19. The van der Waals surface area contributed by atoms with Crippen molar-refractivity contribution in [1.29, 1.82) is 0 Å². The first-order chi connectivity index (χ1) is 16.2. The molecule has 0 aliphatic heterocycles. The molecular weight excluding hydrogens is 405 g/mol. The van der Waals surface area contributed by atoms with E-state index in [0.29, 0.717) is 5.56 Å². The summed E-state index contributed by atoms with van der Waals surface area (Å²) in [6.45, 7) is 4.44. The average molecular weight is 446 g/mol. The number of benzene rings is 2. The van der Waals surface area contributed by atoms with E-state index in [2.05, 4.69) is 55.2 Å². The molecule has 0 atom stereocenters. The average Bonchev–Trinajstić information content (AvgIpc) is 2.84. The van der Waals surface area contributed by atoms with Gasteiger partial charge in [0.1, 0.15) is 0 Å². The van der Waals surface area contributed by atoms with Crippen LogP contribution in [0.3, 0.4) is 0 Å². The van der Waals surface area contributed by atoms with Crippen molar-refractivity contribution in [3.8, 4) is 22.3 Å². The molecule has 176 valence electrons. The largest absolute Gasteiger partial charge is 0.224 e. The number of hydrogen-bond acceptors (Lipinski definition) is 1. The number of rotatable bonds is 14. The standard InChI is InChI=1S/C31H40FN/c1-3-5-7-8-9-10-12-13-25-15-17-26(18-16-25)27-19-21-28(22-20-27)30-24-23-29(33-31(30)32)14-11-6-4-2/h15-24H,3-14H2,1-2H3. The second kappa shape index (κ2) is 13.9. The quantitative estimate of drug-likeness (QED) is 0.178. The summed E-state index contributed by atoms with van der Waals surface area (Å²) in [6, 6.07) is 20.9. The summed E-state index contributed by atoms with van der Waals surface area (Å²) in [6.07, 6.45) is 14.8. The Kier molecular flexibility index (Phi) is 10.6. The van der Waals surface area contributed by atoms with Crippen molar-refractivity contribution in [3.05, 3.63) is 77.9 Å². The molecular formula is C31H40FN. The normalized spacial score (nSPS) is 11.1. The minimum atomic E-state index is -0.369. The van der Waals surface area contributed by atoms with Crippen molar-refractivity contribution in [1.82, 2.24) is 4.98 Å². The molecule has 3 aromatic rings.